The number of allylic oxidation sites excluding steroid dienone is 4. The average molecular weight is 697 g/mol. The van der Waals surface area contributed by atoms with Crippen molar-refractivity contribution in [3.8, 4) is 16.9 Å². The molecular formula is C45H57FO5. The highest BCUT2D eigenvalue weighted by Crippen LogP contribution is 2.37. The molecule has 274 valence electrons. The summed E-state index contributed by atoms with van der Waals surface area (Å²) in [5.74, 6) is 0.232. The number of aryl methyl sites for hydroxylation is 2. The molecule has 0 aliphatic heterocycles. The number of esters is 1. The lowest BCUT2D eigenvalue weighted by molar-refractivity contribution is -0.138. The minimum absolute atomic E-state index is 0.107. The van der Waals surface area contributed by atoms with Gasteiger partial charge in [-0.05, 0) is 101 Å². The van der Waals surface area contributed by atoms with Gasteiger partial charge in [-0.15, -0.1) is 0 Å². The van der Waals surface area contributed by atoms with Crippen molar-refractivity contribution in [3.05, 3.63) is 113 Å². The van der Waals surface area contributed by atoms with Crippen molar-refractivity contribution in [1.82, 2.24) is 0 Å². The molecule has 1 aliphatic carbocycles. The van der Waals surface area contributed by atoms with Crippen LogP contribution < -0.4 is 4.74 Å². The van der Waals surface area contributed by atoms with Gasteiger partial charge in [0.2, 0.25) is 0 Å². The van der Waals surface area contributed by atoms with Gasteiger partial charge in [0.1, 0.15) is 11.9 Å². The molecule has 51 heavy (non-hydrogen) atoms. The van der Waals surface area contributed by atoms with Crippen LogP contribution in [0.4, 0.5) is 4.39 Å². The first-order valence-electron chi connectivity index (χ1n) is 18.7. The monoisotopic (exact) mass is 696 g/mol. The SMILES string of the molecule is C=C(C)C(=O)OCCc1cc(-c2ccc(C3=CC=C(c4ccc(CCCCC)cc4)CC3F)cc2CC)ccc1OCCC(CO)(CO)CCC. The molecule has 5 nitrogen and oxygen atoms in total. The van der Waals surface area contributed by atoms with E-state index in [2.05, 4.69) is 69.0 Å². The largest absolute Gasteiger partial charge is 0.493 e. The van der Waals surface area contributed by atoms with E-state index in [4.69, 9.17) is 9.47 Å². The number of hydrogen-bond donors (Lipinski definition) is 2. The molecule has 3 aromatic rings. The van der Waals surface area contributed by atoms with Gasteiger partial charge in [0.15, 0.2) is 0 Å². The number of unbranched alkanes of at least 4 members (excludes halogenated alkanes) is 2. The van der Waals surface area contributed by atoms with Crippen molar-refractivity contribution >= 4 is 17.1 Å². The zero-order valence-corrected chi connectivity index (χ0v) is 31.1. The molecule has 2 N–H and O–H groups in total. The number of halogens is 1. The third-order valence-electron chi connectivity index (χ3n) is 10.1. The Labute approximate surface area is 304 Å². The van der Waals surface area contributed by atoms with Crippen molar-refractivity contribution in [1.29, 1.82) is 0 Å². The van der Waals surface area contributed by atoms with Gasteiger partial charge in [-0.3, -0.25) is 0 Å². The topological polar surface area (TPSA) is 76.0 Å². The third kappa shape index (κ3) is 10.8. The van der Waals surface area contributed by atoms with Crippen LogP contribution in [-0.4, -0.2) is 48.8 Å². The van der Waals surface area contributed by atoms with Crippen molar-refractivity contribution in [2.45, 2.75) is 98.1 Å². The van der Waals surface area contributed by atoms with Crippen LogP contribution in [0.5, 0.6) is 5.75 Å². The zero-order valence-electron chi connectivity index (χ0n) is 31.1. The van der Waals surface area contributed by atoms with Crippen molar-refractivity contribution in [2.75, 3.05) is 26.4 Å². The molecule has 0 fully saturated rings. The van der Waals surface area contributed by atoms with E-state index < -0.39 is 17.6 Å². The van der Waals surface area contributed by atoms with E-state index in [0.29, 0.717) is 49.2 Å². The highest BCUT2D eigenvalue weighted by Gasteiger charge is 2.28. The minimum Gasteiger partial charge on any atom is -0.493 e. The van der Waals surface area contributed by atoms with E-state index in [1.54, 1.807) is 6.92 Å². The van der Waals surface area contributed by atoms with Crippen molar-refractivity contribution in [3.63, 3.8) is 0 Å². The number of rotatable bonds is 20. The number of carbonyl (C=O) groups is 1. The van der Waals surface area contributed by atoms with Gasteiger partial charge in [0, 0.05) is 23.8 Å². The second kappa shape index (κ2) is 19.6. The Hall–Kier alpha value is -4.00. The molecule has 0 radical (unpaired) electrons. The lowest BCUT2D eigenvalue weighted by atomic mass is 9.82. The Morgan fingerprint density at radius 2 is 1.55 bits per heavy atom. The van der Waals surface area contributed by atoms with Gasteiger partial charge in [-0.1, -0.05) is 107 Å². The number of carbonyl (C=O) groups excluding carboxylic acids is 1. The Bertz CT molecular complexity index is 1660. The Morgan fingerprint density at radius 1 is 0.843 bits per heavy atom. The molecular weight excluding hydrogens is 639 g/mol. The maximum Gasteiger partial charge on any atom is 0.333 e. The quantitative estimate of drug-likeness (QED) is 0.0699. The van der Waals surface area contributed by atoms with Gasteiger partial charge in [0.05, 0.1) is 26.4 Å². The number of ether oxygens (including phenoxy) is 2. The molecule has 0 saturated heterocycles. The Morgan fingerprint density at radius 3 is 2.20 bits per heavy atom. The molecule has 1 atom stereocenters. The lowest BCUT2D eigenvalue weighted by Gasteiger charge is -2.29. The molecule has 1 unspecified atom stereocenters. The highest BCUT2D eigenvalue weighted by atomic mass is 19.1. The standard InChI is InChI=1S/C45H57FO5/c1-6-9-10-11-33-12-14-35(15-13-33)36-16-20-41(42(46)29-36)38-17-19-40(34(8-3)27-38)37-18-21-43(39(28-37)22-25-51-44(49)32(4)5)50-26-24-45(30-47,31-48)23-7-2/h12-21,27-28,42,47-48H,4,6-11,22-26,29-31H2,1-3,5H3. The van der Waals surface area contributed by atoms with Gasteiger partial charge in [-0.2, -0.15) is 0 Å². The summed E-state index contributed by atoms with van der Waals surface area (Å²) in [5, 5.41) is 20.0. The van der Waals surface area contributed by atoms with Crippen LogP contribution in [0.1, 0.15) is 100 Å². The van der Waals surface area contributed by atoms with E-state index in [1.807, 2.05) is 31.2 Å². The predicted octanol–water partition coefficient (Wildman–Crippen LogP) is 10.1. The Balaban J connectivity index is 1.56. The van der Waals surface area contributed by atoms with E-state index in [1.165, 1.54) is 24.8 Å². The Kier molecular flexibility index (Phi) is 15.3. The second-order valence-electron chi connectivity index (χ2n) is 14.0. The third-order valence-corrected chi connectivity index (χ3v) is 10.1. The van der Waals surface area contributed by atoms with E-state index in [0.717, 1.165) is 58.2 Å². The molecule has 0 saturated carbocycles. The summed E-state index contributed by atoms with van der Waals surface area (Å²) in [6, 6.07) is 20.8. The number of aliphatic hydroxyl groups is 2. The molecule has 0 spiro atoms. The lowest BCUT2D eigenvalue weighted by Crippen LogP contribution is -2.31. The van der Waals surface area contributed by atoms with Crippen molar-refractivity contribution < 1.29 is 28.9 Å². The number of alkyl halides is 1. The van der Waals surface area contributed by atoms with Crippen LogP contribution in [-0.2, 0) is 28.8 Å². The first kappa shape index (κ1) is 39.8. The molecule has 0 heterocycles. The predicted molar refractivity (Wildman–Crippen MR) is 207 cm³/mol. The van der Waals surface area contributed by atoms with Gasteiger partial charge in [-0.25, -0.2) is 9.18 Å². The fraction of sp³-hybridized carbons (Fsp3) is 0.444. The molecule has 0 bridgehead atoms. The maximum atomic E-state index is 15.8. The molecule has 6 heteroatoms. The smallest absolute Gasteiger partial charge is 0.333 e. The summed E-state index contributed by atoms with van der Waals surface area (Å²) in [4.78, 5) is 12.1. The normalized spacial score (nSPS) is 14.5. The summed E-state index contributed by atoms with van der Waals surface area (Å²) in [7, 11) is 0. The minimum atomic E-state index is -1.09. The fourth-order valence-electron chi connectivity index (χ4n) is 6.83. The van der Waals surface area contributed by atoms with Gasteiger partial charge < -0.3 is 19.7 Å². The molecule has 0 amide bonds. The van der Waals surface area contributed by atoms with Crippen LogP contribution in [0.15, 0.2) is 85.0 Å². The van der Waals surface area contributed by atoms with Crippen LogP contribution in [0.3, 0.4) is 0 Å². The van der Waals surface area contributed by atoms with Crippen LogP contribution in [0.2, 0.25) is 0 Å². The summed E-state index contributed by atoms with van der Waals surface area (Å²) >= 11 is 0. The molecule has 4 rings (SSSR count). The van der Waals surface area contributed by atoms with E-state index in [-0.39, 0.29) is 19.8 Å². The van der Waals surface area contributed by atoms with E-state index >= 15 is 4.39 Å². The second-order valence-corrected chi connectivity index (χ2v) is 14.0. The highest BCUT2D eigenvalue weighted by molar-refractivity contribution is 5.87. The molecule has 0 aromatic heterocycles. The first-order valence-corrected chi connectivity index (χ1v) is 18.7. The summed E-state index contributed by atoms with van der Waals surface area (Å²) in [6.45, 7) is 11.9. The van der Waals surface area contributed by atoms with Crippen LogP contribution >= 0.6 is 0 Å². The summed E-state index contributed by atoms with van der Waals surface area (Å²) in [5.41, 5.74) is 8.81. The average Bonchev–Trinajstić information content (AvgIpc) is 3.15. The van der Waals surface area contributed by atoms with E-state index in [9.17, 15) is 15.0 Å². The maximum absolute atomic E-state index is 15.8. The number of aliphatic hydroxyl groups excluding tert-OH is 2. The first-order chi connectivity index (χ1) is 24.7. The van der Waals surface area contributed by atoms with Crippen LogP contribution in [0.25, 0.3) is 22.3 Å². The zero-order chi connectivity index (χ0) is 36.8. The number of benzene rings is 3. The van der Waals surface area contributed by atoms with Gasteiger partial charge in [0.25, 0.3) is 0 Å². The molecule has 1 aliphatic rings. The summed E-state index contributed by atoms with van der Waals surface area (Å²) in [6.07, 6.45) is 11.2. The number of hydrogen-bond acceptors (Lipinski definition) is 5. The van der Waals surface area contributed by atoms with Gasteiger partial charge >= 0.3 is 5.97 Å². The fourth-order valence-corrected chi connectivity index (χ4v) is 6.83. The van der Waals surface area contributed by atoms with Crippen molar-refractivity contribution in [2.24, 2.45) is 5.41 Å². The van der Waals surface area contributed by atoms with Crippen LogP contribution in [0, 0.1) is 5.41 Å². The molecule has 3 aromatic carbocycles. The summed E-state index contributed by atoms with van der Waals surface area (Å²) < 4.78 is 27.5.